The van der Waals surface area contributed by atoms with Crippen LogP contribution in [0.1, 0.15) is 24.7 Å². The Morgan fingerprint density at radius 2 is 1.97 bits per heavy atom. The van der Waals surface area contributed by atoms with Crippen molar-refractivity contribution >= 4 is 51.7 Å². The molecule has 5 rings (SSSR count). The molecule has 0 radical (unpaired) electrons. The minimum absolute atomic E-state index is 0.0110. The first-order chi connectivity index (χ1) is 14.9. The molecule has 4 aromatic rings. The van der Waals surface area contributed by atoms with Crippen molar-refractivity contribution in [3.05, 3.63) is 56.7 Å². The number of fused-ring (bicyclic) bond motifs is 1. The van der Waals surface area contributed by atoms with Crippen LogP contribution in [0.25, 0.3) is 16.7 Å². The molecule has 1 aliphatic rings. The number of halogens is 2. The number of H-pyrrole nitrogens is 1. The third-order valence-electron chi connectivity index (χ3n) is 5.16. The van der Waals surface area contributed by atoms with Crippen LogP contribution in [0.15, 0.2) is 35.3 Å². The fourth-order valence-electron chi connectivity index (χ4n) is 3.57. The first-order valence-corrected chi connectivity index (χ1v) is 10.3. The van der Waals surface area contributed by atoms with E-state index in [0.29, 0.717) is 27.6 Å². The van der Waals surface area contributed by atoms with Crippen molar-refractivity contribution in [3.63, 3.8) is 0 Å². The van der Waals surface area contributed by atoms with E-state index in [1.807, 2.05) is 0 Å². The second kappa shape index (κ2) is 7.40. The molecule has 10 nitrogen and oxygen atoms in total. The molecule has 1 aromatic carbocycles. The molecule has 3 aromatic heterocycles. The summed E-state index contributed by atoms with van der Waals surface area (Å²) in [5, 5.41) is 10.9. The van der Waals surface area contributed by atoms with Gasteiger partial charge in [0, 0.05) is 6.07 Å². The maximum atomic E-state index is 13.5. The number of hydrogen-bond acceptors (Lipinski definition) is 8. The Balaban J connectivity index is 1.74. The highest BCUT2D eigenvalue weighted by Gasteiger charge is 2.37. The third kappa shape index (κ3) is 3.43. The molecule has 0 amide bonds. The van der Waals surface area contributed by atoms with E-state index in [-0.39, 0.29) is 34.1 Å². The number of rotatable bonds is 5. The molecule has 0 saturated heterocycles. The molecule has 1 atom stereocenters. The average Bonchev–Trinajstić information content (AvgIpc) is 3.43. The van der Waals surface area contributed by atoms with Gasteiger partial charge in [0.25, 0.3) is 5.56 Å². The van der Waals surface area contributed by atoms with Crippen molar-refractivity contribution in [2.24, 2.45) is 5.92 Å². The Bertz CT molecular complexity index is 1350. The van der Waals surface area contributed by atoms with Crippen molar-refractivity contribution < 1.29 is 0 Å². The van der Waals surface area contributed by atoms with E-state index in [2.05, 4.69) is 25.5 Å². The molecule has 1 unspecified atom stereocenters. The molecule has 1 saturated carbocycles. The van der Waals surface area contributed by atoms with Crippen LogP contribution in [-0.4, -0.2) is 29.7 Å². The normalized spacial score (nSPS) is 14.6. The largest absolute Gasteiger partial charge is 0.382 e. The zero-order valence-corrected chi connectivity index (χ0v) is 17.5. The van der Waals surface area contributed by atoms with Crippen LogP contribution in [0.4, 0.5) is 17.6 Å². The van der Waals surface area contributed by atoms with Gasteiger partial charge in [-0.25, -0.2) is 9.55 Å². The molecule has 1 fully saturated rings. The molecule has 12 heteroatoms. The topological polar surface area (TPSA) is 153 Å². The third-order valence-corrected chi connectivity index (χ3v) is 5.85. The van der Waals surface area contributed by atoms with E-state index < -0.39 is 6.04 Å². The lowest BCUT2D eigenvalue weighted by Gasteiger charge is -2.23. The van der Waals surface area contributed by atoms with Crippen LogP contribution in [0.5, 0.6) is 0 Å². The highest BCUT2D eigenvalue weighted by Crippen LogP contribution is 2.43. The van der Waals surface area contributed by atoms with Crippen molar-refractivity contribution in [1.29, 1.82) is 0 Å². The number of nitrogen functional groups attached to an aromatic ring is 2. The second-order valence-corrected chi connectivity index (χ2v) is 8.06. The van der Waals surface area contributed by atoms with E-state index in [1.54, 1.807) is 30.5 Å². The van der Waals surface area contributed by atoms with Gasteiger partial charge >= 0.3 is 0 Å². The molecule has 0 aliphatic heterocycles. The Hall–Kier alpha value is -3.37. The number of benzene rings is 1. The lowest BCUT2D eigenvalue weighted by Crippen LogP contribution is -2.30. The van der Waals surface area contributed by atoms with E-state index in [9.17, 15) is 4.79 Å². The minimum atomic E-state index is -0.398. The first kappa shape index (κ1) is 19.6. The summed E-state index contributed by atoms with van der Waals surface area (Å²) in [6, 6.07) is 6.45. The number of nitrogens with one attached hydrogen (secondary N) is 2. The number of aromatic nitrogens is 6. The van der Waals surface area contributed by atoms with Crippen molar-refractivity contribution in [2.75, 3.05) is 16.8 Å². The molecule has 3 heterocycles. The van der Waals surface area contributed by atoms with Gasteiger partial charge in [-0.2, -0.15) is 15.1 Å². The predicted molar refractivity (Wildman–Crippen MR) is 119 cm³/mol. The molecular weight excluding hydrogens is 441 g/mol. The monoisotopic (exact) mass is 457 g/mol. The van der Waals surface area contributed by atoms with E-state index >= 15 is 0 Å². The van der Waals surface area contributed by atoms with Gasteiger partial charge in [-0.1, -0.05) is 29.3 Å². The summed E-state index contributed by atoms with van der Waals surface area (Å²) in [5.41, 5.74) is 11.8. The van der Waals surface area contributed by atoms with Gasteiger partial charge in [0.2, 0.25) is 5.95 Å². The molecule has 0 spiro atoms. The minimum Gasteiger partial charge on any atom is -0.382 e. The summed E-state index contributed by atoms with van der Waals surface area (Å²) >= 11 is 12.6. The lowest BCUT2D eigenvalue weighted by molar-refractivity contribution is 0.605. The maximum absolute atomic E-state index is 13.5. The summed E-state index contributed by atoms with van der Waals surface area (Å²) in [7, 11) is 0. The smallest absolute Gasteiger partial charge is 0.268 e. The number of nitrogens with two attached hydrogens (primary N) is 2. The Morgan fingerprint density at radius 1 is 1.16 bits per heavy atom. The van der Waals surface area contributed by atoms with Crippen molar-refractivity contribution in [1.82, 2.24) is 29.7 Å². The highest BCUT2D eigenvalue weighted by atomic mass is 35.5. The van der Waals surface area contributed by atoms with E-state index in [0.717, 1.165) is 12.8 Å². The quantitative estimate of drug-likeness (QED) is 0.356. The number of aromatic amines is 1. The summed E-state index contributed by atoms with van der Waals surface area (Å²) < 4.78 is 1.47. The van der Waals surface area contributed by atoms with Gasteiger partial charge in [-0.3, -0.25) is 9.89 Å². The fourth-order valence-corrected chi connectivity index (χ4v) is 3.96. The number of hydrogen-bond donors (Lipinski definition) is 4. The van der Waals surface area contributed by atoms with Crippen LogP contribution < -0.4 is 22.3 Å². The number of nitrogens with zero attached hydrogens (tertiary/aromatic N) is 5. The predicted octanol–water partition coefficient (Wildman–Crippen LogP) is 2.93. The van der Waals surface area contributed by atoms with Crippen LogP contribution in [0.2, 0.25) is 10.0 Å². The van der Waals surface area contributed by atoms with Gasteiger partial charge in [-0.05, 0) is 30.9 Å². The Morgan fingerprint density at radius 3 is 2.68 bits per heavy atom. The number of anilines is 3. The van der Waals surface area contributed by atoms with Crippen LogP contribution in [0, 0.1) is 5.92 Å². The van der Waals surface area contributed by atoms with Gasteiger partial charge in [0.15, 0.2) is 5.82 Å². The molecule has 31 heavy (non-hydrogen) atoms. The van der Waals surface area contributed by atoms with Crippen LogP contribution in [-0.2, 0) is 0 Å². The summed E-state index contributed by atoms with van der Waals surface area (Å²) in [6.45, 7) is 0. The van der Waals surface area contributed by atoms with Crippen molar-refractivity contribution in [3.8, 4) is 5.82 Å². The van der Waals surface area contributed by atoms with Gasteiger partial charge in [0.05, 0.1) is 28.2 Å². The zero-order chi connectivity index (χ0) is 21.7. The zero-order valence-electron chi connectivity index (χ0n) is 16.0. The van der Waals surface area contributed by atoms with Gasteiger partial charge in [0.1, 0.15) is 22.5 Å². The molecule has 0 bridgehead atoms. The Labute approximate surface area is 185 Å². The van der Waals surface area contributed by atoms with E-state index in [4.69, 9.17) is 39.7 Å². The van der Waals surface area contributed by atoms with Gasteiger partial charge in [-0.15, -0.1) is 0 Å². The molecular formula is C19H17Cl2N9O. The van der Waals surface area contributed by atoms with Crippen LogP contribution >= 0.6 is 23.2 Å². The molecule has 1 aliphatic carbocycles. The standard InChI is InChI=1S/C19H17Cl2N9O/c20-9-2-1-3-10-12(9)18(31)30(11-6-7-24-29-11)17(25-10)14(8-4-5-8)26-16-13(21)15(22)27-19(23)28-16/h1-3,6-8,14H,4-5H2,(H,24,29)(H5,22,23,26,27,28). The summed E-state index contributed by atoms with van der Waals surface area (Å²) in [4.78, 5) is 26.4. The molecule has 6 N–H and O–H groups in total. The second-order valence-electron chi connectivity index (χ2n) is 7.28. The summed E-state index contributed by atoms with van der Waals surface area (Å²) in [6.07, 6.45) is 3.44. The summed E-state index contributed by atoms with van der Waals surface area (Å²) in [5.74, 6) is 1.47. The Kier molecular flexibility index (Phi) is 4.67. The van der Waals surface area contributed by atoms with Crippen LogP contribution in [0.3, 0.4) is 0 Å². The van der Waals surface area contributed by atoms with Crippen molar-refractivity contribution in [2.45, 2.75) is 18.9 Å². The van der Waals surface area contributed by atoms with E-state index in [1.165, 1.54) is 4.57 Å². The van der Waals surface area contributed by atoms with Gasteiger partial charge < -0.3 is 16.8 Å². The maximum Gasteiger partial charge on any atom is 0.268 e. The highest BCUT2D eigenvalue weighted by molar-refractivity contribution is 6.35. The lowest BCUT2D eigenvalue weighted by atomic mass is 10.1. The molecule has 158 valence electrons. The SMILES string of the molecule is Nc1nc(N)c(Cl)c(NC(c2nc3cccc(Cl)c3c(=O)n2-c2ccn[nH]2)C2CC2)n1. The fraction of sp³-hybridized carbons (Fsp3) is 0.211. The average molecular weight is 458 g/mol. The first-order valence-electron chi connectivity index (χ1n) is 9.50.